The van der Waals surface area contributed by atoms with E-state index in [0.717, 1.165) is 23.0 Å². The first-order valence-corrected chi connectivity index (χ1v) is 23.2. The normalized spacial score (nSPS) is 18.2. The summed E-state index contributed by atoms with van der Waals surface area (Å²) in [6.07, 6.45) is 2.35. The van der Waals surface area contributed by atoms with Crippen molar-refractivity contribution in [3.05, 3.63) is 160 Å². The molecule has 9 aromatic rings. The van der Waals surface area contributed by atoms with Gasteiger partial charge in [0.05, 0.1) is 0 Å². The second-order valence-electron chi connectivity index (χ2n) is 21.9. The monoisotopic (exact) mass is 814 g/mol. The number of nitrogens with zero attached hydrogens (tertiary/aromatic N) is 2. The van der Waals surface area contributed by atoms with Crippen LogP contribution >= 0.6 is 0 Å². The number of rotatable bonds is 1. The maximum Gasteiger partial charge on any atom is 0.333 e. The van der Waals surface area contributed by atoms with Crippen LogP contribution < -0.4 is 15.8 Å². The molecule has 0 bridgehead atoms. The molecule has 0 amide bonds. The summed E-state index contributed by atoms with van der Waals surface area (Å²) in [4.78, 5) is 2.75. The average molecular weight is 815 g/mol. The van der Waals surface area contributed by atoms with E-state index in [1.54, 1.807) is 0 Å². The molecule has 3 nitrogen and oxygen atoms in total. The van der Waals surface area contributed by atoms with Crippen molar-refractivity contribution in [3.8, 4) is 33.4 Å². The van der Waals surface area contributed by atoms with Gasteiger partial charge >= 0.3 is 6.85 Å². The van der Waals surface area contributed by atoms with Crippen molar-refractivity contribution in [1.29, 1.82) is 0 Å². The molecule has 2 aromatic heterocycles. The van der Waals surface area contributed by atoms with Crippen molar-refractivity contribution in [2.45, 2.75) is 96.8 Å². The molecule has 0 saturated heterocycles. The Kier molecular flexibility index (Phi) is 6.49. The number of benzene rings is 7. The van der Waals surface area contributed by atoms with E-state index in [2.05, 4.69) is 193 Å². The number of furan rings is 1. The molecule has 306 valence electrons. The largest absolute Gasteiger partial charge is 0.455 e. The van der Waals surface area contributed by atoms with Crippen molar-refractivity contribution < 1.29 is 4.42 Å². The molecular formula is C59H51BN2O. The molecule has 0 N–H and O–H groups in total. The van der Waals surface area contributed by atoms with E-state index in [-0.39, 0.29) is 28.5 Å². The van der Waals surface area contributed by atoms with Crippen LogP contribution in [0.4, 0.5) is 17.1 Å². The highest BCUT2D eigenvalue weighted by molar-refractivity contribution is 6.90. The van der Waals surface area contributed by atoms with Crippen LogP contribution in [0.15, 0.2) is 126 Å². The number of aryl methyl sites for hydroxylation is 1. The highest BCUT2D eigenvalue weighted by Gasteiger charge is 2.52. The molecule has 2 aliphatic heterocycles. The second-order valence-corrected chi connectivity index (χ2v) is 21.9. The summed E-state index contributed by atoms with van der Waals surface area (Å²) in [7, 11) is 0. The van der Waals surface area contributed by atoms with Gasteiger partial charge in [-0.1, -0.05) is 159 Å². The zero-order valence-electron chi connectivity index (χ0n) is 37.8. The van der Waals surface area contributed by atoms with Gasteiger partial charge in [-0.05, 0) is 110 Å². The molecule has 0 atom stereocenters. The van der Waals surface area contributed by atoms with Crippen LogP contribution in [0.5, 0.6) is 0 Å². The molecule has 4 heterocycles. The van der Waals surface area contributed by atoms with E-state index >= 15 is 0 Å². The van der Waals surface area contributed by atoms with E-state index in [1.165, 1.54) is 123 Å². The van der Waals surface area contributed by atoms with Gasteiger partial charge in [0, 0.05) is 72.0 Å². The quantitative estimate of drug-likeness (QED) is 0.154. The van der Waals surface area contributed by atoms with Crippen LogP contribution in [0.25, 0.3) is 66.2 Å². The predicted octanol–water partition coefficient (Wildman–Crippen LogP) is 14.2. The SMILES string of the molecule is Cc1cc2c(cc1N1c3cc4c(oc5ccccc54)c4c3B(c3ccc5c(c31)C(C)(C)c1ccccc1-5)n1c3c(c5cccc-4c51)-c1ccccc1C3(C)C)C(C)(C)CCC2(C)C. The average Bonchev–Trinajstić information content (AvgIpc) is 3.96. The second kappa shape index (κ2) is 11.3. The third-order valence-corrected chi connectivity index (χ3v) is 16.9. The van der Waals surface area contributed by atoms with Gasteiger partial charge < -0.3 is 13.8 Å². The molecule has 0 saturated carbocycles. The number of aromatic nitrogens is 1. The zero-order valence-corrected chi connectivity index (χ0v) is 37.8. The summed E-state index contributed by atoms with van der Waals surface area (Å²) in [5, 5.41) is 3.67. The fraction of sp³-hybridized carbons (Fsp3) is 0.254. The summed E-state index contributed by atoms with van der Waals surface area (Å²) in [5.74, 6) is 0. The molecule has 3 aliphatic carbocycles. The number of fused-ring (bicyclic) bond motifs is 18. The summed E-state index contributed by atoms with van der Waals surface area (Å²) in [5.41, 5.74) is 27.4. The summed E-state index contributed by atoms with van der Waals surface area (Å²) in [6.45, 7) is 22.0. The lowest BCUT2D eigenvalue weighted by atomic mass is 9.44. The minimum atomic E-state index is -0.248. The minimum absolute atomic E-state index is 0.0452. The van der Waals surface area contributed by atoms with E-state index in [9.17, 15) is 0 Å². The van der Waals surface area contributed by atoms with Crippen LogP contribution in [-0.2, 0) is 21.7 Å². The molecule has 14 rings (SSSR count). The number of hydrogen-bond donors (Lipinski definition) is 0. The first-order chi connectivity index (χ1) is 30.2. The van der Waals surface area contributed by atoms with E-state index in [4.69, 9.17) is 4.42 Å². The Labute approximate surface area is 370 Å². The molecule has 7 aromatic carbocycles. The van der Waals surface area contributed by atoms with E-state index < -0.39 is 0 Å². The number of hydrogen-bond acceptors (Lipinski definition) is 2. The Bertz CT molecular complexity index is 3610. The minimum Gasteiger partial charge on any atom is -0.455 e. The van der Waals surface area contributed by atoms with Gasteiger partial charge in [0.1, 0.15) is 11.2 Å². The fourth-order valence-corrected chi connectivity index (χ4v) is 13.7. The summed E-state index contributed by atoms with van der Waals surface area (Å²) in [6, 6.07) is 46.8. The van der Waals surface area contributed by atoms with Gasteiger partial charge in [-0.2, -0.15) is 0 Å². The van der Waals surface area contributed by atoms with Gasteiger partial charge in [0.15, 0.2) is 0 Å². The van der Waals surface area contributed by atoms with Crippen LogP contribution in [0.3, 0.4) is 0 Å². The maximum atomic E-state index is 7.14. The Morgan fingerprint density at radius 2 is 1.19 bits per heavy atom. The number of anilines is 3. The Morgan fingerprint density at radius 3 is 1.97 bits per heavy atom. The predicted molar refractivity (Wildman–Crippen MR) is 265 cm³/mol. The standard InChI is InChI=1S/C59H51BN2O/c1-32-29-42-43(57(4,5)28-27-56(42,2)3)31-45(32)61-46-30-39-34-18-12-15-24-47(34)63-54(39)49-38-21-16-20-37-48-36-19-11-14-23-41(36)59(8,9)55(48)62(52(37)38)60(51(46)49)44-26-25-35-33-17-10-13-22-40(33)58(6,7)50(35)53(44)61/h10-26,29-31H,27-28H2,1-9H3. The highest BCUT2D eigenvalue weighted by Crippen LogP contribution is 2.60. The molecule has 0 fully saturated rings. The van der Waals surface area contributed by atoms with Crippen molar-refractivity contribution in [1.82, 2.24) is 4.48 Å². The van der Waals surface area contributed by atoms with Gasteiger partial charge in [0.25, 0.3) is 0 Å². The molecule has 0 radical (unpaired) electrons. The molecular weight excluding hydrogens is 763 g/mol. The smallest absolute Gasteiger partial charge is 0.333 e. The van der Waals surface area contributed by atoms with Crippen LogP contribution in [-0.4, -0.2) is 11.3 Å². The van der Waals surface area contributed by atoms with Crippen molar-refractivity contribution in [2.75, 3.05) is 4.90 Å². The molecule has 0 unspecified atom stereocenters. The van der Waals surface area contributed by atoms with Crippen molar-refractivity contribution in [3.63, 3.8) is 0 Å². The highest BCUT2D eigenvalue weighted by atomic mass is 16.3. The summed E-state index contributed by atoms with van der Waals surface area (Å²) >= 11 is 0. The molecule has 5 aliphatic rings. The Morgan fingerprint density at radius 1 is 0.540 bits per heavy atom. The maximum absolute atomic E-state index is 7.14. The van der Waals surface area contributed by atoms with E-state index in [0.29, 0.717) is 0 Å². The van der Waals surface area contributed by atoms with Gasteiger partial charge in [-0.25, -0.2) is 0 Å². The third kappa shape index (κ3) is 4.16. The van der Waals surface area contributed by atoms with E-state index in [1.807, 2.05) is 0 Å². The van der Waals surface area contributed by atoms with Crippen LogP contribution in [0.2, 0.25) is 0 Å². The summed E-state index contributed by atoms with van der Waals surface area (Å²) < 4.78 is 9.95. The van der Waals surface area contributed by atoms with Crippen molar-refractivity contribution in [2.24, 2.45) is 0 Å². The lowest BCUT2D eigenvalue weighted by molar-refractivity contribution is 0.332. The first-order valence-electron chi connectivity index (χ1n) is 23.2. The van der Waals surface area contributed by atoms with Gasteiger partial charge in [-0.3, -0.25) is 0 Å². The lowest BCUT2D eigenvalue weighted by Gasteiger charge is -2.46. The molecule has 4 heteroatoms. The van der Waals surface area contributed by atoms with Gasteiger partial charge in [-0.15, -0.1) is 0 Å². The fourth-order valence-electron chi connectivity index (χ4n) is 13.7. The van der Waals surface area contributed by atoms with Crippen LogP contribution in [0.1, 0.15) is 107 Å². The third-order valence-electron chi connectivity index (χ3n) is 16.9. The Hall–Kier alpha value is -6.26. The molecule has 63 heavy (non-hydrogen) atoms. The van der Waals surface area contributed by atoms with Crippen molar-refractivity contribution >= 4 is 67.7 Å². The Balaban J connectivity index is 1.21. The first kappa shape index (κ1) is 36.3. The topological polar surface area (TPSA) is 21.3 Å². The molecule has 0 spiro atoms. The number of para-hydroxylation sites is 2. The van der Waals surface area contributed by atoms with Crippen LogP contribution in [0, 0.1) is 6.92 Å². The lowest BCUT2D eigenvalue weighted by Crippen LogP contribution is -2.58. The van der Waals surface area contributed by atoms with Gasteiger partial charge in [0.2, 0.25) is 0 Å². The zero-order chi connectivity index (χ0) is 42.9.